The van der Waals surface area contributed by atoms with Crippen molar-refractivity contribution in [1.82, 2.24) is 0 Å². The highest BCUT2D eigenvalue weighted by Crippen LogP contribution is 2.05. The molecule has 0 bridgehead atoms. The molecule has 0 radical (unpaired) electrons. The van der Waals surface area contributed by atoms with Gasteiger partial charge in [0.1, 0.15) is 8.07 Å². The molecule has 0 aliphatic rings. The third kappa shape index (κ3) is 33.2. The van der Waals surface area contributed by atoms with Gasteiger partial charge in [0.05, 0.1) is 27.3 Å². The minimum absolute atomic E-state index is 0. The third-order valence-electron chi connectivity index (χ3n) is 0.949. The van der Waals surface area contributed by atoms with Gasteiger partial charge in [0.2, 0.25) is 0 Å². The van der Waals surface area contributed by atoms with Crippen molar-refractivity contribution in [3.05, 3.63) is 0 Å². The van der Waals surface area contributed by atoms with Gasteiger partial charge < -0.3 is 20.9 Å². The first-order valence-corrected chi connectivity index (χ1v) is 7.22. The molecule has 0 spiro atoms. The lowest BCUT2D eigenvalue weighted by Gasteiger charge is -2.30. The lowest BCUT2D eigenvalue weighted by Crippen LogP contribution is -2.47. The van der Waals surface area contributed by atoms with Gasteiger partial charge in [0.25, 0.3) is 0 Å². The number of rotatable bonds is 2. The fourth-order valence-corrected chi connectivity index (χ4v) is 4.27. The summed E-state index contributed by atoms with van der Waals surface area (Å²) in [4.78, 5) is 0. The second-order valence-electron chi connectivity index (χ2n) is 5.01. The monoisotopic (exact) mass is 216 g/mol. The highest BCUT2D eigenvalue weighted by atomic mass is 28.3. The van der Waals surface area contributed by atoms with Gasteiger partial charge >= 0.3 is 0 Å². The van der Waals surface area contributed by atoms with Crippen LogP contribution in [0.4, 0.5) is 0 Å². The molecule has 0 saturated carbocycles. The van der Waals surface area contributed by atoms with E-state index in [9.17, 15) is 0 Å². The van der Waals surface area contributed by atoms with Crippen LogP contribution in [0.5, 0.6) is 0 Å². The van der Waals surface area contributed by atoms with Gasteiger partial charge in [0, 0.05) is 0 Å². The van der Waals surface area contributed by atoms with Crippen LogP contribution in [0.25, 0.3) is 0 Å². The van der Waals surface area contributed by atoms with Crippen molar-refractivity contribution < 1.29 is 20.9 Å². The van der Waals surface area contributed by atoms with Gasteiger partial charge in [-0.3, -0.25) is 0 Å². The molecule has 0 rings (SSSR count). The first kappa shape index (κ1) is 29.2. The quantitative estimate of drug-likeness (QED) is 0.449. The highest BCUT2D eigenvalue weighted by Gasteiger charge is 2.22. The predicted molar refractivity (Wildman–Crippen MR) is 63.8 cm³/mol. The maximum Gasteiger partial charge on any atom is 0.110 e. The molecule has 0 aromatic heterocycles. The molecule has 0 atom stereocenters. The normalized spacial score (nSPS) is 9.69. The van der Waals surface area contributed by atoms with Gasteiger partial charge in [0.15, 0.2) is 0 Å². The van der Waals surface area contributed by atoms with Gasteiger partial charge in [-0.2, -0.15) is 0 Å². The van der Waals surface area contributed by atoms with Crippen LogP contribution >= 0.6 is 0 Å². The van der Waals surface area contributed by atoms with E-state index < -0.39 is 8.07 Å². The molecule has 0 aliphatic carbocycles. The molecule has 0 unspecified atom stereocenters. The van der Waals surface area contributed by atoms with Crippen molar-refractivity contribution in [2.75, 3.05) is 27.3 Å². The predicted octanol–water partition coefficient (Wildman–Crippen LogP) is -0.268. The second kappa shape index (κ2) is 8.65. The lowest BCUT2D eigenvalue weighted by molar-refractivity contribution is -0.860. The molecule has 0 saturated heterocycles. The van der Waals surface area contributed by atoms with Crippen molar-refractivity contribution >= 4 is 8.07 Å². The van der Waals surface area contributed by atoms with Crippen molar-refractivity contribution in [3.63, 3.8) is 0 Å². The van der Waals surface area contributed by atoms with Crippen molar-refractivity contribution in [2.45, 2.75) is 27.1 Å². The van der Waals surface area contributed by atoms with E-state index in [0.29, 0.717) is 0 Å². The van der Waals surface area contributed by atoms with E-state index in [1.807, 2.05) is 0 Å². The number of hydrogen-bond acceptors (Lipinski definition) is 0. The zero-order chi connectivity index (χ0) is 7.71. The van der Waals surface area contributed by atoms with E-state index >= 15 is 0 Å². The van der Waals surface area contributed by atoms with Crippen LogP contribution in [0.2, 0.25) is 19.6 Å². The van der Waals surface area contributed by atoms with E-state index in [1.165, 1.54) is 6.17 Å². The van der Waals surface area contributed by atoms with Crippen LogP contribution in [0.1, 0.15) is 7.43 Å². The van der Waals surface area contributed by atoms with Crippen LogP contribution < -0.4 is 0 Å². The number of quaternary nitrogens is 1. The largest absolute Gasteiger partial charge is 0.412 e. The van der Waals surface area contributed by atoms with Gasteiger partial charge in [-0.1, -0.05) is 27.1 Å². The molecule has 0 fully saturated rings. The second-order valence-corrected chi connectivity index (χ2v) is 10.4. The summed E-state index contributed by atoms with van der Waals surface area (Å²) < 4.78 is 1.12. The first-order valence-electron chi connectivity index (χ1n) is 3.51. The molecule has 13 heavy (non-hydrogen) atoms. The Bertz CT molecular complexity index is 84.5. The molecule has 5 heteroatoms. The standard InChI is InChI=1S/C7H20NSi.CH4.3H2O/c1-8(2,3)7-9(4,5)6;;;;/h7H2,1-6H3;1H4;3*1H2/q+1;;;;. The SMILES string of the molecule is C.C[N+](C)(C)C[Si](C)(C)C.O.O.O. The van der Waals surface area contributed by atoms with E-state index in [2.05, 4.69) is 40.8 Å². The Labute approximate surface area is 84.1 Å². The maximum absolute atomic E-state index is 2.41. The Kier molecular flexibility index (Phi) is 19.4. The van der Waals surface area contributed by atoms with E-state index in [1.54, 1.807) is 0 Å². The number of hydrogen-bond donors (Lipinski definition) is 0. The molecule has 0 amide bonds. The maximum atomic E-state index is 2.41. The van der Waals surface area contributed by atoms with Crippen molar-refractivity contribution in [1.29, 1.82) is 0 Å². The summed E-state index contributed by atoms with van der Waals surface area (Å²) in [6.45, 7) is 7.24. The van der Waals surface area contributed by atoms with E-state index in [4.69, 9.17) is 0 Å². The topological polar surface area (TPSA) is 94.5 Å². The Hall–Kier alpha value is 0.0569. The number of nitrogens with zero attached hydrogens (tertiary/aromatic N) is 1. The average molecular weight is 216 g/mol. The minimum atomic E-state index is -0.820. The smallest absolute Gasteiger partial charge is 0.110 e. The molecule has 0 aliphatic heterocycles. The van der Waals surface area contributed by atoms with Gasteiger partial charge in [-0.15, -0.1) is 0 Å². The zero-order valence-corrected chi connectivity index (χ0v) is 10.2. The lowest BCUT2D eigenvalue weighted by atomic mass is 10.8. The van der Waals surface area contributed by atoms with Crippen LogP contribution in [0.15, 0.2) is 0 Å². The Morgan fingerprint density at radius 1 is 0.846 bits per heavy atom. The fourth-order valence-electron chi connectivity index (χ4n) is 1.42. The molecule has 6 N–H and O–H groups in total. The van der Waals surface area contributed by atoms with Crippen LogP contribution in [-0.2, 0) is 0 Å². The summed E-state index contributed by atoms with van der Waals surface area (Å²) in [5.41, 5.74) is 0. The summed E-state index contributed by atoms with van der Waals surface area (Å²) in [7, 11) is 5.97. The van der Waals surface area contributed by atoms with E-state index in [-0.39, 0.29) is 23.9 Å². The summed E-state index contributed by atoms with van der Waals surface area (Å²) in [5.74, 6) is 0. The van der Waals surface area contributed by atoms with Crippen LogP contribution in [0.3, 0.4) is 0 Å². The van der Waals surface area contributed by atoms with E-state index in [0.717, 1.165) is 4.48 Å². The molecule has 0 aromatic carbocycles. The minimum Gasteiger partial charge on any atom is -0.412 e. The highest BCUT2D eigenvalue weighted by molar-refractivity contribution is 6.75. The third-order valence-corrected chi connectivity index (χ3v) is 2.85. The molecular formula is C8H30NO3Si+. The summed E-state index contributed by atoms with van der Waals surface area (Å²) in [6, 6.07) is 0. The van der Waals surface area contributed by atoms with Gasteiger partial charge in [-0.05, 0) is 0 Å². The molecule has 88 valence electrons. The van der Waals surface area contributed by atoms with Crippen molar-refractivity contribution in [3.8, 4) is 0 Å². The fraction of sp³-hybridized carbons (Fsp3) is 1.00. The Morgan fingerprint density at radius 3 is 1.08 bits per heavy atom. The van der Waals surface area contributed by atoms with Gasteiger partial charge in [-0.25, -0.2) is 0 Å². The van der Waals surface area contributed by atoms with Crippen LogP contribution in [0, 0.1) is 0 Å². The first-order chi connectivity index (χ1) is 3.71. The van der Waals surface area contributed by atoms with Crippen LogP contribution in [-0.4, -0.2) is 56.3 Å². The zero-order valence-electron chi connectivity index (χ0n) is 9.15. The summed E-state index contributed by atoms with van der Waals surface area (Å²) in [5, 5.41) is 0. The van der Waals surface area contributed by atoms with Crippen molar-refractivity contribution in [2.24, 2.45) is 0 Å². The summed E-state index contributed by atoms with van der Waals surface area (Å²) >= 11 is 0. The molecular weight excluding hydrogens is 186 g/mol. The summed E-state index contributed by atoms with van der Waals surface area (Å²) in [6.07, 6.45) is 1.37. The molecule has 0 heterocycles. The molecule has 4 nitrogen and oxygen atoms in total. The Balaban J connectivity index is -0.0000000533. The average Bonchev–Trinajstić information content (AvgIpc) is 1.14. The molecule has 0 aromatic rings. The Morgan fingerprint density at radius 2 is 1.08 bits per heavy atom.